The third-order valence-electron chi connectivity index (χ3n) is 5.79. The number of fused-ring (bicyclic) bond motifs is 1. The van der Waals surface area contributed by atoms with Gasteiger partial charge >= 0.3 is 0 Å². The maximum atomic E-state index is 13.5. The average Bonchev–Trinajstić information content (AvgIpc) is 2.61. The van der Waals surface area contributed by atoms with E-state index in [2.05, 4.69) is 9.97 Å². The maximum Gasteiger partial charge on any atom is 0.255 e. The summed E-state index contributed by atoms with van der Waals surface area (Å²) in [4.78, 5) is 36.8. The Bertz CT molecular complexity index is 932. The van der Waals surface area contributed by atoms with Crippen molar-refractivity contribution < 1.29 is 4.79 Å². The molecule has 1 saturated carbocycles. The number of amides is 1. The predicted octanol–water partition coefficient (Wildman–Crippen LogP) is 2.50. The summed E-state index contributed by atoms with van der Waals surface area (Å²) in [7, 11) is 3.67. The van der Waals surface area contributed by atoms with Crippen LogP contribution in [0.4, 0.5) is 5.95 Å². The number of nitrogens with one attached hydrogen (secondary N) is 1. The molecule has 0 radical (unpaired) electrons. The molecule has 1 aliphatic heterocycles. The monoisotopic (exact) mass is 386 g/mol. The number of benzene rings is 1. The smallest absolute Gasteiger partial charge is 0.255 e. The van der Waals surface area contributed by atoms with E-state index in [0.29, 0.717) is 41.7 Å². The van der Waals surface area contributed by atoms with Crippen LogP contribution >= 0.6 is 11.6 Å². The fourth-order valence-corrected chi connectivity index (χ4v) is 4.17. The standard InChI is InChI=1S/C20H23ClN4O2/c1-24(2)19-22-16-12-25(11-8-15(16)17(26)23-19)18(27)20(9-3-10-20)13-4-6-14(21)7-5-13/h4-7H,3,8-12H2,1-2H3,(H,22,23,26). The van der Waals surface area contributed by atoms with Gasteiger partial charge in [-0.1, -0.05) is 30.2 Å². The highest BCUT2D eigenvalue weighted by Gasteiger charge is 2.48. The minimum absolute atomic E-state index is 0.105. The molecule has 0 saturated heterocycles. The number of anilines is 1. The summed E-state index contributed by atoms with van der Waals surface area (Å²) in [6.45, 7) is 0.932. The molecule has 0 bridgehead atoms. The van der Waals surface area contributed by atoms with E-state index in [1.807, 2.05) is 43.3 Å². The van der Waals surface area contributed by atoms with Gasteiger partial charge in [0, 0.05) is 31.2 Å². The lowest BCUT2D eigenvalue weighted by Gasteiger charge is -2.45. The second kappa shape index (κ2) is 6.68. The maximum absolute atomic E-state index is 13.5. The van der Waals surface area contributed by atoms with Crippen molar-refractivity contribution in [1.29, 1.82) is 0 Å². The van der Waals surface area contributed by atoms with Crippen LogP contribution in [-0.2, 0) is 23.2 Å². The summed E-state index contributed by atoms with van der Waals surface area (Å²) in [6, 6.07) is 7.62. The van der Waals surface area contributed by atoms with Crippen LogP contribution in [0, 0.1) is 0 Å². The average molecular weight is 387 g/mol. The van der Waals surface area contributed by atoms with Gasteiger partial charge in [-0.05, 0) is 37.0 Å². The lowest BCUT2D eigenvalue weighted by atomic mass is 9.63. The molecule has 0 unspecified atom stereocenters. The highest BCUT2D eigenvalue weighted by atomic mass is 35.5. The Morgan fingerprint density at radius 2 is 1.96 bits per heavy atom. The van der Waals surface area contributed by atoms with Crippen molar-refractivity contribution in [3.05, 3.63) is 56.5 Å². The predicted molar refractivity (Wildman–Crippen MR) is 105 cm³/mol. The fraction of sp³-hybridized carbons (Fsp3) is 0.450. The Hall–Kier alpha value is -2.34. The van der Waals surface area contributed by atoms with Crippen molar-refractivity contribution in [1.82, 2.24) is 14.9 Å². The van der Waals surface area contributed by atoms with Gasteiger partial charge in [0.25, 0.3) is 5.56 Å². The van der Waals surface area contributed by atoms with Crippen LogP contribution in [0.1, 0.15) is 36.1 Å². The van der Waals surface area contributed by atoms with Crippen LogP contribution in [0.25, 0.3) is 0 Å². The third kappa shape index (κ3) is 3.02. The Morgan fingerprint density at radius 1 is 1.26 bits per heavy atom. The Labute approximate surface area is 163 Å². The van der Waals surface area contributed by atoms with Crippen molar-refractivity contribution in [3.63, 3.8) is 0 Å². The van der Waals surface area contributed by atoms with E-state index >= 15 is 0 Å². The van der Waals surface area contributed by atoms with Crippen molar-refractivity contribution in [2.45, 2.75) is 37.6 Å². The number of rotatable bonds is 3. The molecule has 1 aliphatic carbocycles. The molecule has 1 fully saturated rings. The zero-order valence-electron chi connectivity index (χ0n) is 15.6. The highest BCUT2D eigenvalue weighted by Crippen LogP contribution is 2.46. The van der Waals surface area contributed by atoms with Gasteiger partial charge in [0.2, 0.25) is 11.9 Å². The zero-order chi connectivity index (χ0) is 19.2. The first-order chi connectivity index (χ1) is 12.9. The summed E-state index contributed by atoms with van der Waals surface area (Å²) in [5.41, 5.74) is 1.85. The lowest BCUT2D eigenvalue weighted by molar-refractivity contribution is -0.142. The molecular weight excluding hydrogens is 364 g/mol. The molecular formula is C20H23ClN4O2. The number of hydrogen-bond acceptors (Lipinski definition) is 4. The zero-order valence-corrected chi connectivity index (χ0v) is 16.3. The molecule has 1 aromatic carbocycles. The normalized spacial score (nSPS) is 17.8. The molecule has 7 heteroatoms. The van der Waals surface area contributed by atoms with Gasteiger partial charge in [-0.2, -0.15) is 0 Å². The summed E-state index contributed by atoms with van der Waals surface area (Å²) in [5, 5.41) is 0.673. The van der Waals surface area contributed by atoms with Crippen LogP contribution in [0.2, 0.25) is 5.02 Å². The van der Waals surface area contributed by atoms with Gasteiger partial charge in [0.05, 0.1) is 17.7 Å². The van der Waals surface area contributed by atoms with Gasteiger partial charge in [-0.15, -0.1) is 0 Å². The van der Waals surface area contributed by atoms with Crippen LogP contribution < -0.4 is 10.5 Å². The van der Waals surface area contributed by atoms with E-state index in [9.17, 15) is 9.59 Å². The van der Waals surface area contributed by atoms with Gasteiger partial charge in [-0.3, -0.25) is 14.6 Å². The fourth-order valence-electron chi connectivity index (χ4n) is 4.04. The molecule has 1 amide bonds. The topological polar surface area (TPSA) is 69.3 Å². The molecule has 1 aromatic heterocycles. The van der Waals surface area contributed by atoms with Gasteiger partial charge in [0.15, 0.2) is 0 Å². The first-order valence-electron chi connectivity index (χ1n) is 9.25. The van der Waals surface area contributed by atoms with E-state index in [0.717, 1.165) is 24.8 Å². The molecule has 1 N–H and O–H groups in total. The molecule has 142 valence electrons. The first-order valence-corrected chi connectivity index (χ1v) is 9.63. The minimum atomic E-state index is -0.465. The minimum Gasteiger partial charge on any atom is -0.348 e. The summed E-state index contributed by atoms with van der Waals surface area (Å²) < 4.78 is 0. The lowest BCUT2D eigenvalue weighted by Crippen LogP contribution is -2.52. The quantitative estimate of drug-likeness (QED) is 0.879. The molecule has 0 atom stereocenters. The van der Waals surface area contributed by atoms with Crippen molar-refractivity contribution in [2.75, 3.05) is 25.5 Å². The summed E-state index contributed by atoms with van der Waals surface area (Å²) in [6.07, 6.45) is 3.28. The number of aromatic amines is 1. The van der Waals surface area contributed by atoms with E-state index in [4.69, 9.17) is 11.6 Å². The third-order valence-corrected chi connectivity index (χ3v) is 6.04. The van der Waals surface area contributed by atoms with E-state index in [1.54, 1.807) is 4.90 Å². The molecule has 4 rings (SSSR count). The van der Waals surface area contributed by atoms with Crippen LogP contribution in [-0.4, -0.2) is 41.4 Å². The van der Waals surface area contributed by atoms with Crippen LogP contribution in [0.3, 0.4) is 0 Å². The Morgan fingerprint density at radius 3 is 2.56 bits per heavy atom. The molecule has 2 heterocycles. The number of halogens is 1. The van der Waals surface area contributed by atoms with Gasteiger partial charge in [-0.25, -0.2) is 4.98 Å². The molecule has 6 nitrogen and oxygen atoms in total. The summed E-state index contributed by atoms with van der Waals surface area (Å²) >= 11 is 6.02. The molecule has 0 spiro atoms. The molecule has 27 heavy (non-hydrogen) atoms. The number of H-pyrrole nitrogens is 1. The van der Waals surface area contributed by atoms with Crippen molar-refractivity contribution >= 4 is 23.5 Å². The van der Waals surface area contributed by atoms with E-state index < -0.39 is 5.41 Å². The van der Waals surface area contributed by atoms with Crippen molar-refractivity contribution in [3.8, 4) is 0 Å². The van der Waals surface area contributed by atoms with E-state index in [-0.39, 0.29) is 11.5 Å². The summed E-state index contributed by atoms with van der Waals surface area (Å²) in [5.74, 6) is 0.652. The molecule has 2 aromatic rings. The number of aromatic nitrogens is 2. The van der Waals surface area contributed by atoms with Gasteiger partial charge < -0.3 is 9.80 Å². The number of carbonyl (C=O) groups is 1. The van der Waals surface area contributed by atoms with Crippen LogP contribution in [0.5, 0.6) is 0 Å². The van der Waals surface area contributed by atoms with E-state index in [1.165, 1.54) is 0 Å². The first kappa shape index (κ1) is 18.0. The SMILES string of the molecule is CN(C)c1nc2c(c(=O)[nH]1)CCN(C(=O)C1(c3ccc(Cl)cc3)CCC1)C2. The molecule has 2 aliphatic rings. The Kier molecular flexibility index (Phi) is 4.46. The number of hydrogen-bond donors (Lipinski definition) is 1. The highest BCUT2D eigenvalue weighted by molar-refractivity contribution is 6.30. The van der Waals surface area contributed by atoms with Crippen molar-refractivity contribution in [2.24, 2.45) is 0 Å². The van der Waals surface area contributed by atoms with Gasteiger partial charge in [0.1, 0.15) is 0 Å². The largest absolute Gasteiger partial charge is 0.348 e. The number of carbonyl (C=O) groups excluding carboxylic acids is 1. The van der Waals surface area contributed by atoms with Crippen LogP contribution in [0.15, 0.2) is 29.1 Å². The second-order valence-electron chi connectivity index (χ2n) is 7.63. The number of nitrogens with zero attached hydrogens (tertiary/aromatic N) is 3. The Balaban J connectivity index is 1.64. The second-order valence-corrected chi connectivity index (χ2v) is 8.06.